The van der Waals surface area contributed by atoms with Gasteiger partial charge in [0, 0.05) is 17.5 Å². The lowest BCUT2D eigenvalue weighted by atomic mass is 10.1. The summed E-state index contributed by atoms with van der Waals surface area (Å²) in [5.41, 5.74) is 2.16. The molecule has 4 rings (SSSR count). The van der Waals surface area contributed by atoms with Crippen LogP contribution >= 0.6 is 11.8 Å². The van der Waals surface area contributed by atoms with E-state index in [0.717, 1.165) is 22.4 Å². The average molecular weight is 395 g/mol. The van der Waals surface area contributed by atoms with Crippen LogP contribution in [0.5, 0.6) is 11.5 Å². The molecule has 26 heavy (non-hydrogen) atoms. The lowest BCUT2D eigenvalue weighted by molar-refractivity contribution is 0.171. The Hall–Kier alpha value is -1.67. The molecule has 0 N–H and O–H groups in total. The second-order valence-electron chi connectivity index (χ2n) is 6.91. The van der Waals surface area contributed by atoms with Gasteiger partial charge in [-0.15, -0.1) is 0 Å². The number of ether oxygens (including phenoxy) is 2. The molecular formula is C18H22N2O4S2. The summed E-state index contributed by atoms with van der Waals surface area (Å²) in [4.78, 5) is 6.80. The molecule has 2 atom stereocenters. The molecule has 0 amide bonds. The summed E-state index contributed by atoms with van der Waals surface area (Å²) in [5, 5.41) is 0.879. The van der Waals surface area contributed by atoms with Gasteiger partial charge in [0.25, 0.3) is 0 Å². The third-order valence-electron chi connectivity index (χ3n) is 4.62. The normalized spacial score (nSPS) is 25.6. The lowest BCUT2D eigenvalue weighted by Crippen LogP contribution is -2.39. The summed E-state index contributed by atoms with van der Waals surface area (Å²) in [5.74, 6) is 2.51. The molecule has 0 bridgehead atoms. The maximum absolute atomic E-state index is 12.1. The number of nitrogens with zero attached hydrogens (tertiary/aromatic N) is 2. The van der Waals surface area contributed by atoms with Crippen LogP contribution in [0.1, 0.15) is 13.8 Å². The minimum Gasteiger partial charge on any atom is -0.486 e. The van der Waals surface area contributed by atoms with Crippen molar-refractivity contribution in [3.05, 3.63) is 29.8 Å². The van der Waals surface area contributed by atoms with Crippen molar-refractivity contribution < 1.29 is 17.9 Å². The summed E-state index contributed by atoms with van der Waals surface area (Å²) in [7, 11) is -3.05. The summed E-state index contributed by atoms with van der Waals surface area (Å²) in [6, 6.07) is 5.44. The van der Waals surface area contributed by atoms with E-state index in [2.05, 4.69) is 24.8 Å². The van der Waals surface area contributed by atoms with Crippen molar-refractivity contribution in [1.29, 1.82) is 0 Å². The molecule has 6 nitrogen and oxygen atoms in total. The monoisotopic (exact) mass is 394 g/mol. The number of amidine groups is 1. The number of benzene rings is 1. The highest BCUT2D eigenvalue weighted by Gasteiger charge is 2.47. The number of allylic oxidation sites excluding steroid dienone is 1. The van der Waals surface area contributed by atoms with Crippen molar-refractivity contribution in [2.75, 3.05) is 35.4 Å². The second-order valence-corrected chi connectivity index (χ2v) is 10.1. The highest BCUT2D eigenvalue weighted by molar-refractivity contribution is 8.14. The summed E-state index contributed by atoms with van der Waals surface area (Å²) >= 11 is 1.64. The Balaban J connectivity index is 1.66. The van der Waals surface area contributed by atoms with Gasteiger partial charge in [-0.2, -0.15) is 0 Å². The van der Waals surface area contributed by atoms with Crippen molar-refractivity contribution in [2.24, 2.45) is 4.99 Å². The van der Waals surface area contributed by atoms with Crippen LogP contribution in [-0.2, 0) is 9.84 Å². The van der Waals surface area contributed by atoms with Crippen LogP contribution in [-0.4, -0.2) is 56.1 Å². The summed E-state index contributed by atoms with van der Waals surface area (Å²) < 4.78 is 35.5. The topological polar surface area (TPSA) is 68.2 Å². The molecule has 0 spiro atoms. The van der Waals surface area contributed by atoms with Gasteiger partial charge in [0.2, 0.25) is 0 Å². The molecule has 8 heteroatoms. The van der Waals surface area contributed by atoms with Gasteiger partial charge in [0.05, 0.1) is 23.6 Å². The third kappa shape index (κ3) is 3.44. The smallest absolute Gasteiger partial charge is 0.164 e. The van der Waals surface area contributed by atoms with Crippen LogP contribution in [0, 0.1) is 0 Å². The van der Waals surface area contributed by atoms with Crippen LogP contribution in [0.3, 0.4) is 0 Å². The molecule has 0 radical (unpaired) electrons. The molecule has 0 aliphatic carbocycles. The van der Waals surface area contributed by atoms with E-state index >= 15 is 0 Å². The molecule has 1 aromatic rings. The van der Waals surface area contributed by atoms with Gasteiger partial charge in [-0.1, -0.05) is 23.4 Å². The Kier molecular flexibility index (Phi) is 4.64. The van der Waals surface area contributed by atoms with E-state index in [1.165, 1.54) is 5.57 Å². The molecule has 0 unspecified atom stereocenters. The molecule has 1 aromatic carbocycles. The number of anilines is 1. The van der Waals surface area contributed by atoms with Gasteiger partial charge in [0.15, 0.2) is 26.5 Å². The van der Waals surface area contributed by atoms with Crippen molar-refractivity contribution in [1.82, 2.24) is 0 Å². The summed E-state index contributed by atoms with van der Waals surface area (Å²) in [6.45, 7) is 5.20. The fourth-order valence-electron chi connectivity index (χ4n) is 3.40. The van der Waals surface area contributed by atoms with E-state index in [9.17, 15) is 8.42 Å². The minimum atomic E-state index is -3.05. The van der Waals surface area contributed by atoms with Crippen LogP contribution in [0.2, 0.25) is 0 Å². The predicted octanol–water partition coefficient (Wildman–Crippen LogP) is 2.50. The van der Waals surface area contributed by atoms with Crippen molar-refractivity contribution in [3.8, 4) is 11.5 Å². The molecule has 0 saturated carbocycles. The van der Waals surface area contributed by atoms with Gasteiger partial charge >= 0.3 is 0 Å². The zero-order valence-electron chi connectivity index (χ0n) is 14.8. The highest BCUT2D eigenvalue weighted by Crippen LogP contribution is 2.39. The predicted molar refractivity (Wildman–Crippen MR) is 105 cm³/mol. The molecule has 3 aliphatic heterocycles. The van der Waals surface area contributed by atoms with Gasteiger partial charge in [-0.3, -0.25) is 4.99 Å². The number of rotatable bonds is 3. The minimum absolute atomic E-state index is 0.130. The van der Waals surface area contributed by atoms with Crippen LogP contribution in [0.4, 0.5) is 5.69 Å². The Labute approximate surface area is 158 Å². The Morgan fingerprint density at radius 1 is 1.27 bits per heavy atom. The van der Waals surface area contributed by atoms with E-state index in [4.69, 9.17) is 14.5 Å². The first-order valence-electron chi connectivity index (χ1n) is 8.66. The standard InChI is InChI=1S/C18H22N2O4S2/c1-12(2)5-8-25-18-19-14-10-26(21,22)11-15(14)20(18)13-3-4-16-17(9-13)24-7-6-23-16/h3-5,9,14-15H,6-8,10-11H2,1-2H3/t14-,15+/m0/s1. The van der Waals surface area contributed by atoms with E-state index in [1.807, 2.05) is 18.2 Å². The molecule has 1 saturated heterocycles. The maximum atomic E-state index is 12.1. The van der Waals surface area contributed by atoms with Gasteiger partial charge in [-0.25, -0.2) is 8.42 Å². The van der Waals surface area contributed by atoms with Crippen LogP contribution < -0.4 is 14.4 Å². The number of hydrogen-bond donors (Lipinski definition) is 0. The SMILES string of the molecule is CC(C)=CCSC1=N[C@H]2CS(=O)(=O)C[C@H]2N1c1ccc2c(c1)OCCO2. The fraction of sp³-hybridized carbons (Fsp3) is 0.500. The highest BCUT2D eigenvalue weighted by atomic mass is 32.2. The summed E-state index contributed by atoms with van der Waals surface area (Å²) in [6.07, 6.45) is 2.15. The van der Waals surface area contributed by atoms with Crippen molar-refractivity contribution in [2.45, 2.75) is 25.9 Å². The number of sulfone groups is 1. The molecule has 1 fully saturated rings. The third-order valence-corrected chi connectivity index (χ3v) is 7.21. The molecule has 0 aromatic heterocycles. The second kappa shape index (κ2) is 6.81. The average Bonchev–Trinajstić information content (AvgIpc) is 3.05. The van der Waals surface area contributed by atoms with E-state index in [1.54, 1.807) is 11.8 Å². The molecule has 3 aliphatic rings. The Morgan fingerprint density at radius 3 is 2.81 bits per heavy atom. The first-order valence-corrected chi connectivity index (χ1v) is 11.5. The van der Waals surface area contributed by atoms with Crippen LogP contribution in [0.15, 0.2) is 34.8 Å². The number of aliphatic imine (C=N–C) groups is 1. The Morgan fingerprint density at radius 2 is 2.04 bits per heavy atom. The van der Waals surface area contributed by atoms with Crippen molar-refractivity contribution in [3.63, 3.8) is 0 Å². The lowest BCUT2D eigenvalue weighted by Gasteiger charge is -2.28. The first kappa shape index (κ1) is 17.7. The zero-order valence-corrected chi connectivity index (χ0v) is 16.5. The van der Waals surface area contributed by atoms with Crippen molar-refractivity contribution >= 4 is 32.5 Å². The van der Waals surface area contributed by atoms with Gasteiger partial charge in [-0.05, 0) is 26.0 Å². The molecule has 140 valence electrons. The fourth-order valence-corrected chi connectivity index (χ4v) is 6.40. The maximum Gasteiger partial charge on any atom is 0.164 e. The quantitative estimate of drug-likeness (QED) is 0.734. The first-order chi connectivity index (χ1) is 12.4. The van der Waals surface area contributed by atoms with Crippen LogP contribution in [0.25, 0.3) is 0 Å². The molecular weight excluding hydrogens is 372 g/mol. The number of hydrogen-bond acceptors (Lipinski definition) is 7. The number of fused-ring (bicyclic) bond motifs is 2. The Bertz CT molecular complexity index is 875. The largest absolute Gasteiger partial charge is 0.486 e. The van der Waals surface area contributed by atoms with E-state index in [0.29, 0.717) is 19.0 Å². The van der Waals surface area contributed by atoms with Gasteiger partial charge < -0.3 is 14.4 Å². The molecule has 3 heterocycles. The van der Waals surface area contributed by atoms with Gasteiger partial charge in [0.1, 0.15) is 13.2 Å². The number of thioether (sulfide) groups is 1. The van der Waals surface area contributed by atoms with E-state index < -0.39 is 9.84 Å². The van der Waals surface area contributed by atoms with E-state index in [-0.39, 0.29) is 23.6 Å². The zero-order chi connectivity index (χ0) is 18.3.